The Morgan fingerprint density at radius 3 is 2.22 bits per heavy atom. The Hall–Kier alpha value is -1.39. The van der Waals surface area contributed by atoms with Gasteiger partial charge in [-0.1, -0.05) is 34.6 Å². The molecule has 2 fully saturated rings. The lowest BCUT2D eigenvalue weighted by molar-refractivity contribution is -0.269. The zero-order valence-corrected chi connectivity index (χ0v) is 23.1. The molecule has 36 heavy (non-hydrogen) atoms. The minimum Gasteiger partial charge on any atom is -0.459 e. The molecular weight excluding hydrogens is 466 g/mol. The van der Waals surface area contributed by atoms with Crippen molar-refractivity contribution in [2.75, 3.05) is 0 Å². The summed E-state index contributed by atoms with van der Waals surface area (Å²) in [7, 11) is 0. The number of carbonyl (C=O) groups is 3. The Morgan fingerprint density at radius 1 is 1.03 bits per heavy atom. The zero-order valence-electron chi connectivity index (χ0n) is 23.1. The fraction of sp³-hybridized carbons (Fsp3) is 0.889. The van der Waals surface area contributed by atoms with Crippen LogP contribution in [0.15, 0.2) is 0 Å². The van der Waals surface area contributed by atoms with Gasteiger partial charge in [0.1, 0.15) is 23.9 Å². The Kier molecular flexibility index (Phi) is 10.7. The van der Waals surface area contributed by atoms with E-state index < -0.39 is 60.0 Å². The first-order valence-electron chi connectivity index (χ1n) is 13.3. The molecule has 0 saturated carbocycles. The van der Waals surface area contributed by atoms with Crippen molar-refractivity contribution < 1.29 is 38.8 Å². The van der Waals surface area contributed by atoms with E-state index in [1.54, 1.807) is 27.7 Å². The summed E-state index contributed by atoms with van der Waals surface area (Å²) in [6, 6.07) is -0.535. The molecule has 0 radical (unpaired) electrons. The lowest BCUT2D eigenvalue weighted by Gasteiger charge is -2.41. The molecule has 0 aromatic carbocycles. The summed E-state index contributed by atoms with van der Waals surface area (Å²) < 4.78 is 17.7. The maximum atomic E-state index is 13.4. The van der Waals surface area contributed by atoms with Gasteiger partial charge in [-0.2, -0.15) is 0 Å². The molecule has 208 valence electrons. The quantitative estimate of drug-likeness (QED) is 0.382. The monoisotopic (exact) mass is 513 g/mol. The molecule has 2 rings (SSSR count). The number of esters is 1. The van der Waals surface area contributed by atoms with Gasteiger partial charge in [0.25, 0.3) is 0 Å². The molecule has 2 saturated heterocycles. The van der Waals surface area contributed by atoms with Gasteiger partial charge < -0.3 is 30.2 Å². The second-order valence-corrected chi connectivity index (χ2v) is 11.5. The van der Waals surface area contributed by atoms with Crippen molar-refractivity contribution in [2.24, 2.45) is 35.3 Å². The lowest BCUT2D eigenvalue weighted by atomic mass is 9.77. The number of cyclic esters (lactones) is 1. The average Bonchev–Trinajstić information content (AvgIpc) is 2.80. The van der Waals surface area contributed by atoms with Crippen molar-refractivity contribution >= 4 is 17.5 Å². The Balaban J connectivity index is 2.42. The summed E-state index contributed by atoms with van der Waals surface area (Å²) in [5.74, 6) is -4.06. The van der Waals surface area contributed by atoms with Crippen LogP contribution in [0.4, 0.5) is 0 Å². The highest BCUT2D eigenvalue weighted by Crippen LogP contribution is 2.34. The number of hydrogen-bond acceptors (Lipinski definition) is 9. The van der Waals surface area contributed by atoms with Crippen LogP contribution in [0.5, 0.6) is 0 Å². The standard InChI is InChI=1S/C27H47NO8/c1-9-20-27(8,33)12-15(4)21(29)13(2)10-14(3)24(17(6)22(30)18(7)25(32)35-20)36-26-23(31)19(28)11-16(5)34-26/h13-20,23-24,26,31,33H,9-12,28H2,1-8H3/t13-,14?,15-,16-,17+,18-,19+,20-,23-,24+,26+,27+/m1/s1. The van der Waals surface area contributed by atoms with E-state index in [2.05, 4.69) is 0 Å². The fourth-order valence-electron chi connectivity index (χ4n) is 5.81. The van der Waals surface area contributed by atoms with Crippen LogP contribution in [-0.2, 0) is 28.6 Å². The molecule has 1 unspecified atom stereocenters. The van der Waals surface area contributed by atoms with E-state index in [0.29, 0.717) is 19.3 Å². The maximum Gasteiger partial charge on any atom is 0.316 e. The van der Waals surface area contributed by atoms with Gasteiger partial charge in [0, 0.05) is 23.8 Å². The van der Waals surface area contributed by atoms with Gasteiger partial charge in [-0.25, -0.2) is 0 Å². The number of hydrogen-bond donors (Lipinski definition) is 3. The minimum absolute atomic E-state index is 0.0175. The highest BCUT2D eigenvalue weighted by Gasteiger charge is 2.44. The van der Waals surface area contributed by atoms with Gasteiger partial charge in [0.15, 0.2) is 12.1 Å². The van der Waals surface area contributed by atoms with Crippen LogP contribution in [-0.4, -0.2) is 70.1 Å². The van der Waals surface area contributed by atoms with E-state index in [1.165, 1.54) is 6.92 Å². The van der Waals surface area contributed by atoms with Crippen LogP contribution in [0.2, 0.25) is 0 Å². The van der Waals surface area contributed by atoms with Crippen LogP contribution in [0, 0.1) is 29.6 Å². The summed E-state index contributed by atoms with van der Waals surface area (Å²) in [5.41, 5.74) is 4.66. The SMILES string of the molecule is CC[C@H]1OC(=O)[C@H](C)C(=O)[C@H](C)[C@@H](O[C@@H]2O[C@H](C)C[C@H](N)[C@H]2O)C(C)C[C@@H](C)C(=O)[C@H](C)C[C@]1(C)O. The molecule has 0 aliphatic carbocycles. The van der Waals surface area contributed by atoms with Crippen LogP contribution in [0.3, 0.4) is 0 Å². The normalized spacial score (nSPS) is 46.2. The molecule has 2 aliphatic rings. The molecule has 0 aromatic heterocycles. The number of aliphatic hydroxyl groups is 2. The molecule has 0 amide bonds. The molecule has 0 spiro atoms. The van der Waals surface area contributed by atoms with Crippen molar-refractivity contribution in [3.05, 3.63) is 0 Å². The molecule has 0 aromatic rings. The second-order valence-electron chi connectivity index (χ2n) is 11.5. The van der Waals surface area contributed by atoms with Gasteiger partial charge >= 0.3 is 5.97 Å². The number of ketones is 2. The molecule has 12 atom stereocenters. The molecule has 9 nitrogen and oxygen atoms in total. The predicted molar refractivity (Wildman–Crippen MR) is 134 cm³/mol. The van der Waals surface area contributed by atoms with Gasteiger partial charge in [-0.15, -0.1) is 0 Å². The van der Waals surface area contributed by atoms with E-state index in [4.69, 9.17) is 19.9 Å². The summed E-state index contributed by atoms with van der Waals surface area (Å²) in [6.45, 7) is 13.9. The summed E-state index contributed by atoms with van der Waals surface area (Å²) in [5, 5.41) is 21.7. The van der Waals surface area contributed by atoms with Crippen LogP contribution in [0.1, 0.15) is 81.1 Å². The number of aliphatic hydroxyl groups excluding tert-OH is 1. The fourth-order valence-corrected chi connectivity index (χ4v) is 5.81. The molecular formula is C27H47NO8. The van der Waals surface area contributed by atoms with E-state index in [-0.39, 0.29) is 35.9 Å². The molecule has 9 heteroatoms. The third-order valence-corrected chi connectivity index (χ3v) is 8.00. The highest BCUT2D eigenvalue weighted by atomic mass is 16.7. The summed E-state index contributed by atoms with van der Waals surface area (Å²) >= 11 is 0. The van der Waals surface area contributed by atoms with Gasteiger partial charge in [-0.05, 0) is 52.4 Å². The van der Waals surface area contributed by atoms with Crippen LogP contribution in [0.25, 0.3) is 0 Å². The summed E-state index contributed by atoms with van der Waals surface area (Å²) in [4.78, 5) is 39.6. The topological polar surface area (TPSA) is 145 Å². The number of nitrogens with two attached hydrogens (primary N) is 1. The van der Waals surface area contributed by atoms with Crippen molar-refractivity contribution in [3.8, 4) is 0 Å². The summed E-state index contributed by atoms with van der Waals surface area (Å²) in [6.07, 6.45) is -2.56. The Labute approximate surface area is 215 Å². The molecule has 4 N–H and O–H groups in total. The van der Waals surface area contributed by atoms with E-state index in [1.807, 2.05) is 20.8 Å². The van der Waals surface area contributed by atoms with Crippen molar-refractivity contribution in [1.29, 1.82) is 0 Å². The van der Waals surface area contributed by atoms with Crippen LogP contribution < -0.4 is 5.73 Å². The smallest absolute Gasteiger partial charge is 0.316 e. The number of rotatable bonds is 3. The maximum absolute atomic E-state index is 13.4. The van der Waals surface area contributed by atoms with Gasteiger partial charge in [-0.3, -0.25) is 14.4 Å². The zero-order chi connectivity index (χ0) is 27.5. The largest absolute Gasteiger partial charge is 0.459 e. The minimum atomic E-state index is -1.42. The number of carbonyl (C=O) groups excluding carboxylic acids is 3. The number of ether oxygens (including phenoxy) is 3. The van der Waals surface area contributed by atoms with Crippen molar-refractivity contribution in [2.45, 2.75) is 123 Å². The number of Topliss-reactive ketones (excluding diaryl/α,β-unsaturated/α-hetero) is 2. The first-order valence-corrected chi connectivity index (χ1v) is 13.3. The van der Waals surface area contributed by atoms with E-state index >= 15 is 0 Å². The van der Waals surface area contributed by atoms with Gasteiger partial charge in [0.05, 0.1) is 17.8 Å². The van der Waals surface area contributed by atoms with E-state index in [9.17, 15) is 24.6 Å². The molecule has 2 heterocycles. The second kappa shape index (κ2) is 12.4. The third kappa shape index (κ3) is 7.13. The first-order chi connectivity index (χ1) is 16.6. The van der Waals surface area contributed by atoms with Gasteiger partial charge in [0.2, 0.25) is 0 Å². The van der Waals surface area contributed by atoms with Crippen molar-refractivity contribution in [3.63, 3.8) is 0 Å². The predicted octanol–water partition coefficient (Wildman–Crippen LogP) is 2.38. The lowest BCUT2D eigenvalue weighted by Crippen LogP contribution is -2.55. The molecule has 2 aliphatic heterocycles. The third-order valence-electron chi connectivity index (χ3n) is 8.00. The van der Waals surface area contributed by atoms with E-state index in [0.717, 1.165) is 0 Å². The molecule has 0 bridgehead atoms. The first kappa shape index (κ1) is 30.8. The average molecular weight is 514 g/mol. The van der Waals surface area contributed by atoms with Crippen LogP contribution >= 0.6 is 0 Å². The Bertz CT molecular complexity index is 786. The van der Waals surface area contributed by atoms with Crippen molar-refractivity contribution in [1.82, 2.24) is 0 Å². The highest BCUT2D eigenvalue weighted by molar-refractivity contribution is 6.00. The Morgan fingerprint density at radius 2 is 1.64 bits per heavy atom.